The van der Waals surface area contributed by atoms with Gasteiger partial charge in [-0.1, -0.05) is 27.2 Å². The molecule has 0 aliphatic heterocycles. The van der Waals surface area contributed by atoms with Crippen LogP contribution in [0.25, 0.3) is 0 Å². The predicted octanol–water partition coefficient (Wildman–Crippen LogP) is 1.99. The number of rotatable bonds is 6. The van der Waals surface area contributed by atoms with Crippen molar-refractivity contribution in [2.45, 2.75) is 59.9 Å². The third-order valence-electron chi connectivity index (χ3n) is 3.51. The summed E-state index contributed by atoms with van der Waals surface area (Å²) in [6.07, 6.45) is 3.44. The molecule has 0 spiro atoms. The van der Waals surface area contributed by atoms with Gasteiger partial charge in [-0.25, -0.2) is 0 Å². The highest BCUT2D eigenvalue weighted by Crippen LogP contribution is 2.29. The zero-order valence-corrected chi connectivity index (χ0v) is 9.81. The van der Waals surface area contributed by atoms with Crippen molar-refractivity contribution in [3.63, 3.8) is 0 Å². The topological polar surface area (TPSA) is 27.5 Å². The molecule has 0 aromatic carbocycles. The van der Waals surface area contributed by atoms with Crippen LogP contribution in [0.5, 0.6) is 0 Å². The minimum atomic E-state index is 0.224. The molecular formula is C11H25NO. The van der Waals surface area contributed by atoms with Crippen LogP contribution in [0.4, 0.5) is 0 Å². The van der Waals surface area contributed by atoms with Crippen molar-refractivity contribution in [2.75, 3.05) is 6.54 Å². The molecule has 2 heteroatoms. The van der Waals surface area contributed by atoms with E-state index in [1.807, 2.05) is 6.92 Å². The van der Waals surface area contributed by atoms with E-state index in [4.69, 9.17) is 0 Å². The van der Waals surface area contributed by atoms with Gasteiger partial charge in [-0.2, -0.15) is 0 Å². The lowest BCUT2D eigenvalue weighted by atomic mass is 9.76. The first kappa shape index (κ1) is 12.9. The fraction of sp³-hybridized carbons (Fsp3) is 1.00. The van der Waals surface area contributed by atoms with Crippen LogP contribution in [0.3, 0.4) is 0 Å². The summed E-state index contributed by atoms with van der Waals surface area (Å²) >= 11 is 0. The second kappa shape index (κ2) is 5.61. The van der Waals surface area contributed by atoms with Gasteiger partial charge < -0.3 is 10.3 Å². The quantitative estimate of drug-likeness (QED) is 0.633. The normalized spacial score (nSPS) is 20.8. The van der Waals surface area contributed by atoms with Crippen LogP contribution in [0.1, 0.15) is 53.9 Å². The second-order valence-electron chi connectivity index (χ2n) is 4.30. The molecule has 0 heterocycles. The van der Waals surface area contributed by atoms with Gasteiger partial charge in [0.15, 0.2) is 0 Å². The Balaban J connectivity index is 4.35. The maximum absolute atomic E-state index is 11.6. The fourth-order valence-corrected chi connectivity index (χ4v) is 1.97. The molecule has 0 amide bonds. The van der Waals surface area contributed by atoms with Crippen molar-refractivity contribution in [3.8, 4) is 0 Å². The number of hydroxylamine groups is 2. The van der Waals surface area contributed by atoms with Gasteiger partial charge in [0.05, 0.1) is 12.6 Å². The lowest BCUT2D eigenvalue weighted by molar-refractivity contribution is -0.880. The zero-order chi connectivity index (χ0) is 10.5. The van der Waals surface area contributed by atoms with E-state index >= 15 is 0 Å². The van der Waals surface area contributed by atoms with Crippen molar-refractivity contribution < 1.29 is 5.06 Å². The summed E-state index contributed by atoms with van der Waals surface area (Å²) in [4.78, 5) is 0. The standard InChI is InChI=1S/C11H25NO/c1-6-9-11(5,7-2)10(4)12(13)8-3/h10,12H,6-9H2,1-5H3/t10-,11?/m0/s1. The molecule has 0 aliphatic rings. The number of hydrogen-bond acceptors (Lipinski definition) is 1. The van der Waals surface area contributed by atoms with Crippen LogP contribution < -0.4 is 5.06 Å². The lowest BCUT2D eigenvalue weighted by Gasteiger charge is -2.40. The first-order chi connectivity index (χ1) is 6.01. The van der Waals surface area contributed by atoms with E-state index in [1.54, 1.807) is 0 Å². The van der Waals surface area contributed by atoms with Crippen LogP contribution >= 0.6 is 0 Å². The Morgan fingerprint density at radius 2 is 1.85 bits per heavy atom. The zero-order valence-electron chi connectivity index (χ0n) is 9.81. The molecule has 0 bridgehead atoms. The molecule has 0 radical (unpaired) electrons. The van der Waals surface area contributed by atoms with E-state index in [2.05, 4.69) is 27.7 Å². The molecule has 13 heavy (non-hydrogen) atoms. The first-order valence-electron chi connectivity index (χ1n) is 5.54. The maximum Gasteiger partial charge on any atom is 0.0897 e. The fourth-order valence-electron chi connectivity index (χ4n) is 1.97. The highest BCUT2D eigenvalue weighted by atomic mass is 16.5. The molecule has 80 valence electrons. The summed E-state index contributed by atoms with van der Waals surface area (Å²) < 4.78 is 0. The summed E-state index contributed by atoms with van der Waals surface area (Å²) in [5.41, 5.74) is 0.224. The maximum atomic E-state index is 11.6. The monoisotopic (exact) mass is 187 g/mol. The van der Waals surface area contributed by atoms with Gasteiger partial charge in [0, 0.05) is 5.41 Å². The van der Waals surface area contributed by atoms with Crippen molar-refractivity contribution in [1.29, 1.82) is 0 Å². The Morgan fingerprint density at radius 3 is 2.15 bits per heavy atom. The molecule has 2 nitrogen and oxygen atoms in total. The smallest absolute Gasteiger partial charge is 0.0897 e. The Labute approximate surface area is 82.9 Å². The van der Waals surface area contributed by atoms with Gasteiger partial charge in [-0.15, -0.1) is 0 Å². The van der Waals surface area contributed by atoms with E-state index in [1.165, 1.54) is 6.42 Å². The van der Waals surface area contributed by atoms with Crippen LogP contribution in [0, 0.1) is 10.6 Å². The second-order valence-corrected chi connectivity index (χ2v) is 4.30. The van der Waals surface area contributed by atoms with Crippen LogP contribution in [-0.4, -0.2) is 12.6 Å². The Hall–Kier alpha value is -0.0800. The molecule has 2 unspecified atom stereocenters. The predicted molar refractivity (Wildman–Crippen MR) is 57.6 cm³/mol. The Morgan fingerprint density at radius 1 is 1.31 bits per heavy atom. The van der Waals surface area contributed by atoms with Gasteiger partial charge in [0.2, 0.25) is 0 Å². The van der Waals surface area contributed by atoms with Crippen LogP contribution in [-0.2, 0) is 0 Å². The third kappa shape index (κ3) is 3.28. The summed E-state index contributed by atoms with van der Waals surface area (Å²) in [5, 5.41) is 12.0. The molecule has 0 aromatic rings. The lowest BCUT2D eigenvalue weighted by Crippen LogP contribution is -3.12. The van der Waals surface area contributed by atoms with Gasteiger partial charge in [0.1, 0.15) is 0 Å². The average molecular weight is 187 g/mol. The van der Waals surface area contributed by atoms with E-state index in [0.29, 0.717) is 11.6 Å². The van der Waals surface area contributed by atoms with Crippen molar-refractivity contribution >= 4 is 0 Å². The molecule has 0 saturated carbocycles. The first-order valence-corrected chi connectivity index (χ1v) is 5.54. The third-order valence-corrected chi connectivity index (χ3v) is 3.51. The van der Waals surface area contributed by atoms with E-state index < -0.39 is 0 Å². The summed E-state index contributed by atoms with van der Waals surface area (Å²) in [6.45, 7) is 11.4. The van der Waals surface area contributed by atoms with Gasteiger partial charge in [-0.3, -0.25) is 0 Å². The SMILES string of the molecule is CCCC(C)(CC)[C@H](C)[NH+]([O-])CC. The molecule has 0 rings (SSSR count). The summed E-state index contributed by atoms with van der Waals surface area (Å²) in [5.74, 6) is 0. The average Bonchev–Trinajstić information content (AvgIpc) is 2.15. The van der Waals surface area contributed by atoms with Crippen molar-refractivity contribution in [2.24, 2.45) is 5.41 Å². The van der Waals surface area contributed by atoms with E-state index in [-0.39, 0.29) is 11.5 Å². The van der Waals surface area contributed by atoms with Gasteiger partial charge >= 0.3 is 0 Å². The van der Waals surface area contributed by atoms with E-state index in [0.717, 1.165) is 12.8 Å². The van der Waals surface area contributed by atoms with Gasteiger partial charge in [-0.05, 0) is 26.7 Å². The number of hydrogen-bond donors (Lipinski definition) is 1. The molecule has 0 aromatic heterocycles. The van der Waals surface area contributed by atoms with Gasteiger partial charge in [0.25, 0.3) is 0 Å². The molecule has 1 N–H and O–H groups in total. The van der Waals surface area contributed by atoms with E-state index in [9.17, 15) is 5.21 Å². The van der Waals surface area contributed by atoms with Crippen LogP contribution in [0.2, 0.25) is 0 Å². The minimum Gasteiger partial charge on any atom is -0.634 e. The highest BCUT2D eigenvalue weighted by molar-refractivity contribution is 4.78. The minimum absolute atomic E-state index is 0.224. The largest absolute Gasteiger partial charge is 0.634 e. The molecule has 0 fully saturated rings. The Kier molecular flexibility index (Phi) is 5.57. The highest BCUT2D eigenvalue weighted by Gasteiger charge is 2.32. The number of quaternary nitrogens is 1. The van der Waals surface area contributed by atoms with Crippen molar-refractivity contribution in [3.05, 3.63) is 5.21 Å². The molecule has 0 saturated heterocycles. The number of nitrogens with one attached hydrogen (secondary N) is 1. The van der Waals surface area contributed by atoms with Crippen molar-refractivity contribution in [1.82, 2.24) is 0 Å². The summed E-state index contributed by atoms with van der Waals surface area (Å²) in [6, 6.07) is 0.224. The Bertz CT molecular complexity index is 138. The molecular weight excluding hydrogens is 162 g/mol. The molecule has 3 atom stereocenters. The van der Waals surface area contributed by atoms with Crippen LogP contribution in [0.15, 0.2) is 0 Å². The summed E-state index contributed by atoms with van der Waals surface area (Å²) in [7, 11) is 0. The molecule has 0 aliphatic carbocycles.